The number of nitrogens with one attached hydrogen (secondary N) is 2. The van der Waals surface area contributed by atoms with Crippen molar-refractivity contribution in [2.45, 2.75) is 19.3 Å². The minimum atomic E-state index is 0.0222. The van der Waals surface area contributed by atoms with Crippen LogP contribution in [0.15, 0.2) is 24.4 Å². The SMILES string of the molecule is O=C(CCCCCl)Nc1ccc2cn[nH]c2c1. The van der Waals surface area contributed by atoms with Crippen LogP contribution in [0.5, 0.6) is 0 Å². The molecular formula is C12H14ClN3O. The number of carbonyl (C=O) groups excluding carboxylic acids is 1. The van der Waals surface area contributed by atoms with E-state index in [0.29, 0.717) is 12.3 Å². The lowest BCUT2D eigenvalue weighted by Crippen LogP contribution is -2.10. The van der Waals surface area contributed by atoms with E-state index < -0.39 is 0 Å². The minimum absolute atomic E-state index is 0.0222. The fraction of sp³-hybridized carbons (Fsp3) is 0.333. The highest BCUT2D eigenvalue weighted by atomic mass is 35.5. The fourth-order valence-corrected chi connectivity index (χ4v) is 1.81. The van der Waals surface area contributed by atoms with E-state index in [0.717, 1.165) is 29.4 Å². The topological polar surface area (TPSA) is 57.8 Å². The highest BCUT2D eigenvalue weighted by molar-refractivity contribution is 6.17. The summed E-state index contributed by atoms with van der Waals surface area (Å²) in [6.07, 6.45) is 3.95. The molecule has 2 N–H and O–H groups in total. The van der Waals surface area contributed by atoms with Crippen molar-refractivity contribution in [3.8, 4) is 0 Å². The van der Waals surface area contributed by atoms with Crippen LogP contribution in [0, 0.1) is 0 Å². The van der Waals surface area contributed by atoms with Crippen LogP contribution in [0.1, 0.15) is 19.3 Å². The summed E-state index contributed by atoms with van der Waals surface area (Å²) < 4.78 is 0. The summed E-state index contributed by atoms with van der Waals surface area (Å²) in [5.74, 6) is 0.627. The number of aromatic nitrogens is 2. The molecule has 1 amide bonds. The van der Waals surface area contributed by atoms with Gasteiger partial charge in [-0.1, -0.05) is 0 Å². The first-order valence-electron chi connectivity index (χ1n) is 5.58. The van der Waals surface area contributed by atoms with E-state index in [1.165, 1.54) is 0 Å². The lowest BCUT2D eigenvalue weighted by atomic mass is 10.2. The second-order valence-electron chi connectivity index (χ2n) is 3.87. The predicted octanol–water partition coefficient (Wildman–Crippen LogP) is 2.91. The van der Waals surface area contributed by atoms with Gasteiger partial charge in [-0.2, -0.15) is 5.10 Å². The smallest absolute Gasteiger partial charge is 0.224 e. The third-order valence-electron chi connectivity index (χ3n) is 2.51. The number of nitrogens with zero attached hydrogens (tertiary/aromatic N) is 1. The molecule has 1 heterocycles. The number of halogens is 1. The Labute approximate surface area is 104 Å². The van der Waals surface area contributed by atoms with Gasteiger partial charge in [0.1, 0.15) is 0 Å². The van der Waals surface area contributed by atoms with Crippen LogP contribution in [0.25, 0.3) is 10.9 Å². The maximum atomic E-state index is 11.6. The first-order chi connectivity index (χ1) is 8.29. The summed E-state index contributed by atoms with van der Waals surface area (Å²) in [5, 5.41) is 10.7. The van der Waals surface area contributed by atoms with E-state index in [2.05, 4.69) is 15.5 Å². The molecule has 1 aromatic carbocycles. The monoisotopic (exact) mass is 251 g/mol. The molecule has 0 bridgehead atoms. The molecule has 17 heavy (non-hydrogen) atoms. The first-order valence-corrected chi connectivity index (χ1v) is 6.12. The van der Waals surface area contributed by atoms with Crippen molar-refractivity contribution in [3.63, 3.8) is 0 Å². The van der Waals surface area contributed by atoms with Gasteiger partial charge in [0, 0.05) is 23.4 Å². The normalized spacial score (nSPS) is 10.6. The highest BCUT2D eigenvalue weighted by Gasteiger charge is 2.03. The van der Waals surface area contributed by atoms with Crippen LogP contribution in [-0.4, -0.2) is 22.0 Å². The Morgan fingerprint density at radius 2 is 2.29 bits per heavy atom. The van der Waals surface area contributed by atoms with Crippen LogP contribution in [0.4, 0.5) is 5.69 Å². The summed E-state index contributed by atoms with van der Waals surface area (Å²) in [6.45, 7) is 0. The van der Waals surface area contributed by atoms with E-state index in [-0.39, 0.29) is 5.91 Å². The third-order valence-corrected chi connectivity index (χ3v) is 2.78. The Hall–Kier alpha value is -1.55. The number of hydrogen-bond donors (Lipinski definition) is 2. The van der Waals surface area contributed by atoms with Crippen molar-refractivity contribution in [2.75, 3.05) is 11.2 Å². The van der Waals surface area contributed by atoms with Gasteiger partial charge in [0.15, 0.2) is 0 Å². The Kier molecular flexibility index (Phi) is 3.98. The molecule has 0 saturated heterocycles. The van der Waals surface area contributed by atoms with E-state index in [1.807, 2.05) is 18.2 Å². The van der Waals surface area contributed by atoms with Crippen molar-refractivity contribution in [3.05, 3.63) is 24.4 Å². The molecule has 0 aliphatic rings. The molecule has 4 nitrogen and oxygen atoms in total. The number of unbranched alkanes of at least 4 members (excludes halogenated alkanes) is 1. The predicted molar refractivity (Wildman–Crippen MR) is 69.3 cm³/mol. The maximum Gasteiger partial charge on any atom is 0.224 e. The molecule has 0 radical (unpaired) electrons. The summed E-state index contributed by atoms with van der Waals surface area (Å²) in [6, 6.07) is 5.67. The van der Waals surface area contributed by atoms with Crippen LogP contribution in [0.3, 0.4) is 0 Å². The molecule has 0 atom stereocenters. The Morgan fingerprint density at radius 3 is 3.12 bits per heavy atom. The first kappa shape index (κ1) is 11.9. The number of aromatic amines is 1. The minimum Gasteiger partial charge on any atom is -0.326 e. The van der Waals surface area contributed by atoms with E-state index in [9.17, 15) is 4.79 Å². The van der Waals surface area contributed by atoms with Crippen LogP contribution >= 0.6 is 11.6 Å². The molecule has 0 aliphatic heterocycles. The number of anilines is 1. The number of fused-ring (bicyclic) bond motifs is 1. The van der Waals surface area contributed by atoms with Crippen LogP contribution in [0.2, 0.25) is 0 Å². The maximum absolute atomic E-state index is 11.6. The van der Waals surface area contributed by atoms with Crippen LogP contribution in [-0.2, 0) is 4.79 Å². The van der Waals surface area contributed by atoms with Gasteiger partial charge in [-0.3, -0.25) is 9.89 Å². The van der Waals surface area contributed by atoms with Crippen molar-refractivity contribution in [1.82, 2.24) is 10.2 Å². The Balaban J connectivity index is 1.95. The average molecular weight is 252 g/mol. The van der Waals surface area contributed by atoms with Gasteiger partial charge in [0.25, 0.3) is 0 Å². The molecule has 1 aromatic heterocycles. The standard InChI is InChI=1S/C12H14ClN3O/c13-6-2-1-3-12(17)15-10-5-4-9-8-14-16-11(9)7-10/h4-5,7-8H,1-3,6H2,(H,14,16)(H,15,17). The summed E-state index contributed by atoms with van der Waals surface area (Å²) >= 11 is 5.56. The molecule has 0 fully saturated rings. The largest absolute Gasteiger partial charge is 0.326 e. The number of H-pyrrole nitrogens is 1. The van der Waals surface area contributed by atoms with Gasteiger partial charge in [-0.25, -0.2) is 0 Å². The fourth-order valence-electron chi connectivity index (χ4n) is 1.62. The van der Waals surface area contributed by atoms with Gasteiger partial charge in [-0.15, -0.1) is 11.6 Å². The van der Waals surface area contributed by atoms with Gasteiger partial charge in [0.05, 0.1) is 11.7 Å². The molecule has 5 heteroatoms. The summed E-state index contributed by atoms with van der Waals surface area (Å²) in [4.78, 5) is 11.6. The van der Waals surface area contributed by atoms with Crippen molar-refractivity contribution >= 4 is 34.1 Å². The molecule has 90 valence electrons. The molecular weight excluding hydrogens is 238 g/mol. The number of hydrogen-bond acceptors (Lipinski definition) is 2. The molecule has 0 aliphatic carbocycles. The number of rotatable bonds is 5. The van der Waals surface area contributed by atoms with Crippen molar-refractivity contribution in [1.29, 1.82) is 0 Å². The zero-order valence-electron chi connectivity index (χ0n) is 9.37. The zero-order valence-corrected chi connectivity index (χ0v) is 10.1. The lowest BCUT2D eigenvalue weighted by molar-refractivity contribution is -0.116. The van der Waals surface area contributed by atoms with Gasteiger partial charge >= 0.3 is 0 Å². The lowest BCUT2D eigenvalue weighted by Gasteiger charge is -2.04. The quantitative estimate of drug-likeness (QED) is 0.634. The highest BCUT2D eigenvalue weighted by Crippen LogP contribution is 2.16. The zero-order chi connectivity index (χ0) is 12.1. The Bertz CT molecular complexity index is 509. The number of alkyl halides is 1. The second-order valence-corrected chi connectivity index (χ2v) is 4.24. The van der Waals surface area contributed by atoms with Crippen LogP contribution < -0.4 is 5.32 Å². The second kappa shape index (κ2) is 5.68. The molecule has 0 saturated carbocycles. The van der Waals surface area contributed by atoms with E-state index in [1.54, 1.807) is 6.20 Å². The molecule has 2 rings (SSSR count). The number of carbonyl (C=O) groups is 1. The number of amides is 1. The van der Waals surface area contributed by atoms with Gasteiger partial charge in [-0.05, 0) is 31.0 Å². The average Bonchev–Trinajstić information content (AvgIpc) is 2.76. The molecule has 0 spiro atoms. The number of benzene rings is 1. The molecule has 2 aromatic rings. The Morgan fingerprint density at radius 1 is 1.41 bits per heavy atom. The van der Waals surface area contributed by atoms with E-state index >= 15 is 0 Å². The van der Waals surface area contributed by atoms with Gasteiger partial charge < -0.3 is 5.32 Å². The summed E-state index contributed by atoms with van der Waals surface area (Å²) in [7, 11) is 0. The third kappa shape index (κ3) is 3.20. The summed E-state index contributed by atoms with van der Waals surface area (Å²) in [5.41, 5.74) is 1.71. The van der Waals surface area contributed by atoms with E-state index in [4.69, 9.17) is 11.6 Å². The van der Waals surface area contributed by atoms with Gasteiger partial charge in [0.2, 0.25) is 5.91 Å². The van der Waals surface area contributed by atoms with Crippen molar-refractivity contribution in [2.24, 2.45) is 0 Å². The molecule has 0 unspecified atom stereocenters. The van der Waals surface area contributed by atoms with Crippen molar-refractivity contribution < 1.29 is 4.79 Å².